The minimum atomic E-state index is -0.503. The predicted octanol–water partition coefficient (Wildman–Crippen LogP) is 5.22. The molecule has 2 heterocycles. The summed E-state index contributed by atoms with van der Waals surface area (Å²) in [6, 6.07) is 13.8. The molecule has 0 saturated carbocycles. The van der Waals surface area contributed by atoms with Crippen LogP contribution >= 0.6 is 23.1 Å². The van der Waals surface area contributed by atoms with Gasteiger partial charge in [0.05, 0.1) is 27.9 Å². The maximum atomic E-state index is 12.6. The lowest BCUT2D eigenvalue weighted by molar-refractivity contribution is -0.387. The van der Waals surface area contributed by atoms with Gasteiger partial charge >= 0.3 is 0 Å². The van der Waals surface area contributed by atoms with Crippen LogP contribution in [0.4, 0.5) is 11.4 Å². The van der Waals surface area contributed by atoms with Gasteiger partial charge in [0.1, 0.15) is 0 Å². The van der Waals surface area contributed by atoms with Crippen molar-refractivity contribution >= 4 is 40.4 Å². The number of nitro benzene ring substituents is 1. The number of amides is 1. The average molecular weight is 450 g/mol. The highest BCUT2D eigenvalue weighted by Crippen LogP contribution is 2.36. The van der Waals surface area contributed by atoms with Crippen molar-refractivity contribution in [3.8, 4) is 11.4 Å². The molecule has 2 aromatic heterocycles. The van der Waals surface area contributed by atoms with Crippen molar-refractivity contribution in [1.82, 2.24) is 15.0 Å². The number of thiazole rings is 1. The largest absolute Gasteiger partial charge is 0.319 e. The van der Waals surface area contributed by atoms with E-state index in [9.17, 15) is 14.9 Å². The Labute approximate surface area is 185 Å². The lowest BCUT2D eigenvalue weighted by Crippen LogP contribution is -2.13. The van der Waals surface area contributed by atoms with Gasteiger partial charge < -0.3 is 5.32 Å². The summed E-state index contributed by atoms with van der Waals surface area (Å²) in [6.45, 7) is 1.86. The van der Waals surface area contributed by atoms with Crippen molar-refractivity contribution in [1.29, 1.82) is 0 Å². The van der Waals surface area contributed by atoms with E-state index in [1.54, 1.807) is 12.1 Å². The van der Waals surface area contributed by atoms with Crippen molar-refractivity contribution in [3.63, 3.8) is 0 Å². The number of aryl methyl sites for hydroxylation is 1. The summed E-state index contributed by atoms with van der Waals surface area (Å²) < 4.78 is 0.702. The molecule has 4 aromatic rings. The van der Waals surface area contributed by atoms with Gasteiger partial charge in [-0.05, 0) is 19.1 Å². The van der Waals surface area contributed by atoms with E-state index < -0.39 is 10.8 Å². The van der Waals surface area contributed by atoms with Crippen molar-refractivity contribution in [3.05, 3.63) is 87.7 Å². The number of hydrogen-bond donors (Lipinski definition) is 1. The van der Waals surface area contributed by atoms with E-state index in [0.29, 0.717) is 20.7 Å². The predicted molar refractivity (Wildman–Crippen MR) is 119 cm³/mol. The van der Waals surface area contributed by atoms with Gasteiger partial charge in [0.15, 0.2) is 10.2 Å². The molecule has 1 amide bonds. The Morgan fingerprint density at radius 3 is 2.52 bits per heavy atom. The molecular weight excluding hydrogens is 434 g/mol. The number of benzene rings is 2. The normalized spacial score (nSPS) is 10.6. The molecule has 0 spiro atoms. The summed E-state index contributed by atoms with van der Waals surface area (Å²) in [5, 5.41) is 16.1. The Balaban J connectivity index is 1.51. The number of rotatable bonds is 6. The molecule has 4 rings (SSSR count). The first-order valence-electron chi connectivity index (χ1n) is 9.07. The quantitative estimate of drug-likeness (QED) is 0.317. The number of carbonyl (C=O) groups excluding carboxylic acids is 1. The molecule has 0 fully saturated rings. The maximum Gasteiger partial charge on any atom is 0.284 e. The SMILES string of the molecule is Cc1csc(Sc2ccc(C(=O)Nc3cnc(-c4ccccc4)nc3)cc2[N+](=O)[O-])n1. The Morgan fingerprint density at radius 2 is 1.87 bits per heavy atom. The third-order valence-corrected chi connectivity index (χ3v) is 6.28. The minimum absolute atomic E-state index is 0.152. The van der Waals surface area contributed by atoms with Gasteiger partial charge in [0.25, 0.3) is 11.6 Å². The summed E-state index contributed by atoms with van der Waals surface area (Å²) in [5.74, 6) is 0.0499. The summed E-state index contributed by atoms with van der Waals surface area (Å²) in [7, 11) is 0. The van der Waals surface area contributed by atoms with Gasteiger partial charge in [-0.25, -0.2) is 15.0 Å². The van der Waals surface area contributed by atoms with Gasteiger partial charge in [-0.1, -0.05) is 42.1 Å². The number of aromatic nitrogens is 3. The van der Waals surface area contributed by atoms with Crippen LogP contribution in [0.15, 0.2) is 75.5 Å². The second kappa shape index (κ2) is 9.02. The van der Waals surface area contributed by atoms with Crippen LogP contribution in [0.25, 0.3) is 11.4 Å². The average Bonchev–Trinajstić information content (AvgIpc) is 3.19. The zero-order valence-electron chi connectivity index (χ0n) is 16.2. The molecule has 0 radical (unpaired) electrons. The van der Waals surface area contributed by atoms with Crippen LogP contribution in [-0.4, -0.2) is 25.8 Å². The van der Waals surface area contributed by atoms with Crippen LogP contribution in [0, 0.1) is 17.0 Å². The highest BCUT2D eigenvalue weighted by molar-refractivity contribution is 8.01. The van der Waals surface area contributed by atoms with Gasteiger partial charge in [-0.2, -0.15) is 0 Å². The number of nitro groups is 1. The van der Waals surface area contributed by atoms with Gasteiger partial charge in [0, 0.05) is 28.3 Å². The van der Waals surface area contributed by atoms with E-state index in [-0.39, 0.29) is 11.3 Å². The number of nitrogens with one attached hydrogen (secondary N) is 1. The fraction of sp³-hybridized carbons (Fsp3) is 0.0476. The first-order valence-corrected chi connectivity index (χ1v) is 10.8. The second-order valence-corrected chi connectivity index (χ2v) is 8.56. The number of nitrogens with zero attached hydrogens (tertiary/aromatic N) is 4. The molecule has 8 nitrogen and oxygen atoms in total. The monoisotopic (exact) mass is 449 g/mol. The van der Waals surface area contributed by atoms with Crippen molar-refractivity contribution in [2.24, 2.45) is 0 Å². The lowest BCUT2D eigenvalue weighted by Gasteiger charge is -2.07. The summed E-state index contributed by atoms with van der Waals surface area (Å²) in [4.78, 5) is 36.9. The summed E-state index contributed by atoms with van der Waals surface area (Å²) >= 11 is 2.61. The minimum Gasteiger partial charge on any atom is -0.319 e. The first-order chi connectivity index (χ1) is 15.0. The fourth-order valence-electron chi connectivity index (χ4n) is 2.69. The van der Waals surface area contributed by atoms with Crippen LogP contribution in [0.3, 0.4) is 0 Å². The molecule has 2 aromatic carbocycles. The standard InChI is InChI=1S/C21H15N5O3S2/c1-13-12-30-21(24-13)31-18-8-7-15(9-17(18)26(28)29)20(27)25-16-10-22-19(23-11-16)14-5-3-2-4-6-14/h2-12H,1H3,(H,25,27). The number of hydrogen-bond acceptors (Lipinski definition) is 8. The van der Waals surface area contributed by atoms with Crippen molar-refractivity contribution < 1.29 is 9.72 Å². The van der Waals surface area contributed by atoms with E-state index in [1.165, 1.54) is 41.6 Å². The van der Waals surface area contributed by atoms with Crippen LogP contribution in [0.2, 0.25) is 0 Å². The highest BCUT2D eigenvalue weighted by Gasteiger charge is 2.20. The Kier molecular flexibility index (Phi) is 6.01. The molecule has 0 bridgehead atoms. The highest BCUT2D eigenvalue weighted by atomic mass is 32.2. The van der Waals surface area contributed by atoms with Crippen LogP contribution in [-0.2, 0) is 0 Å². The molecule has 0 unspecified atom stereocenters. The van der Waals surface area contributed by atoms with Gasteiger partial charge in [0.2, 0.25) is 0 Å². The number of carbonyl (C=O) groups is 1. The van der Waals surface area contributed by atoms with E-state index in [1.807, 2.05) is 42.6 Å². The third-order valence-electron chi connectivity index (χ3n) is 4.15. The smallest absolute Gasteiger partial charge is 0.284 e. The second-order valence-electron chi connectivity index (χ2n) is 6.41. The van der Waals surface area contributed by atoms with Crippen LogP contribution in [0.1, 0.15) is 16.1 Å². The zero-order valence-corrected chi connectivity index (χ0v) is 17.8. The van der Waals surface area contributed by atoms with Crippen LogP contribution in [0.5, 0.6) is 0 Å². The van der Waals surface area contributed by atoms with E-state index in [0.717, 1.165) is 11.3 Å². The van der Waals surface area contributed by atoms with Crippen molar-refractivity contribution in [2.75, 3.05) is 5.32 Å². The third kappa shape index (κ3) is 4.93. The Morgan fingerprint density at radius 1 is 1.13 bits per heavy atom. The zero-order chi connectivity index (χ0) is 21.8. The number of anilines is 1. The molecule has 0 atom stereocenters. The van der Waals surface area contributed by atoms with Gasteiger partial charge in [-0.3, -0.25) is 14.9 Å². The van der Waals surface area contributed by atoms with Gasteiger partial charge in [-0.15, -0.1) is 11.3 Å². The summed E-state index contributed by atoms with van der Waals surface area (Å²) in [6.07, 6.45) is 2.99. The fourth-order valence-corrected chi connectivity index (χ4v) is 4.57. The summed E-state index contributed by atoms with van der Waals surface area (Å²) in [5.41, 5.74) is 2.12. The molecule has 0 saturated heterocycles. The van der Waals surface area contributed by atoms with E-state index in [2.05, 4.69) is 20.3 Å². The Hall–Kier alpha value is -3.63. The molecule has 1 N–H and O–H groups in total. The molecule has 0 aliphatic rings. The lowest BCUT2D eigenvalue weighted by atomic mass is 10.2. The molecular formula is C21H15N5O3S2. The first kappa shape index (κ1) is 20.6. The molecule has 31 heavy (non-hydrogen) atoms. The van der Waals surface area contributed by atoms with E-state index >= 15 is 0 Å². The van der Waals surface area contributed by atoms with Crippen molar-refractivity contribution in [2.45, 2.75) is 16.2 Å². The topological polar surface area (TPSA) is 111 Å². The maximum absolute atomic E-state index is 12.6. The molecule has 154 valence electrons. The van der Waals surface area contributed by atoms with E-state index in [4.69, 9.17) is 0 Å². The molecule has 0 aliphatic heterocycles. The molecule has 10 heteroatoms. The Bertz CT molecular complexity index is 1240. The molecule has 0 aliphatic carbocycles. The van der Waals surface area contributed by atoms with Crippen LogP contribution < -0.4 is 5.32 Å².